The molecule has 1 atom stereocenters. The van der Waals surface area contributed by atoms with Crippen molar-refractivity contribution < 1.29 is 24.0 Å². The Kier molecular flexibility index (Phi) is 11.2. The number of rotatable bonds is 11. The number of carbonyl (C=O) groups excluding carboxylic acids is 3. The van der Waals surface area contributed by atoms with E-state index in [9.17, 15) is 14.4 Å². The fourth-order valence-corrected chi connectivity index (χ4v) is 4.57. The average Bonchev–Trinajstić information content (AvgIpc) is 2.92. The SMILES string of the molecule is CCOC(=O)[C@H](Cc1ccc(NC(=O)c2c(Cl)cccc2Cl)cc1)NC(=O)C(=NOC)c1ccc(SC)cc1. The minimum absolute atomic E-state index is 0.0238. The molecule has 0 saturated heterocycles. The summed E-state index contributed by atoms with van der Waals surface area (Å²) in [7, 11) is 1.34. The molecule has 0 aliphatic rings. The number of oxime groups is 1. The Balaban J connectivity index is 1.75. The van der Waals surface area contributed by atoms with Crippen molar-refractivity contribution in [2.45, 2.75) is 24.3 Å². The second-order valence-corrected chi connectivity index (χ2v) is 9.77. The van der Waals surface area contributed by atoms with Gasteiger partial charge in [0.25, 0.3) is 11.8 Å². The van der Waals surface area contributed by atoms with Crippen LogP contribution in [0, 0.1) is 0 Å². The quantitative estimate of drug-likeness (QED) is 0.131. The van der Waals surface area contributed by atoms with Gasteiger partial charge in [0.15, 0.2) is 5.71 Å². The molecule has 0 unspecified atom stereocenters. The minimum atomic E-state index is -0.993. The van der Waals surface area contributed by atoms with Gasteiger partial charge in [-0.1, -0.05) is 58.7 Å². The first-order valence-electron chi connectivity index (χ1n) is 11.8. The highest BCUT2D eigenvalue weighted by atomic mass is 35.5. The van der Waals surface area contributed by atoms with Gasteiger partial charge in [0.05, 0.1) is 22.2 Å². The lowest BCUT2D eigenvalue weighted by Gasteiger charge is -2.18. The highest BCUT2D eigenvalue weighted by Crippen LogP contribution is 2.25. The fraction of sp³-hybridized carbons (Fsp3) is 0.214. The van der Waals surface area contributed by atoms with Crippen LogP contribution in [0.3, 0.4) is 0 Å². The first kappa shape index (κ1) is 30.0. The second-order valence-electron chi connectivity index (χ2n) is 8.08. The molecule has 0 spiro atoms. The number of nitrogens with zero attached hydrogens (tertiary/aromatic N) is 1. The molecule has 0 aliphatic heterocycles. The van der Waals surface area contributed by atoms with E-state index >= 15 is 0 Å². The number of esters is 1. The van der Waals surface area contributed by atoms with E-state index < -0.39 is 23.8 Å². The van der Waals surface area contributed by atoms with Gasteiger partial charge in [0.2, 0.25) is 0 Å². The van der Waals surface area contributed by atoms with Crippen molar-refractivity contribution in [2.75, 3.05) is 25.3 Å². The van der Waals surface area contributed by atoms with Crippen molar-refractivity contribution in [3.8, 4) is 0 Å². The third kappa shape index (κ3) is 8.23. The molecule has 2 N–H and O–H groups in total. The zero-order valence-corrected chi connectivity index (χ0v) is 23.8. The molecule has 204 valence electrons. The van der Waals surface area contributed by atoms with E-state index in [4.69, 9.17) is 32.8 Å². The molecule has 3 rings (SSSR count). The summed E-state index contributed by atoms with van der Waals surface area (Å²) in [6, 6.07) is 17.9. The van der Waals surface area contributed by atoms with E-state index in [1.165, 1.54) is 7.11 Å². The maximum Gasteiger partial charge on any atom is 0.328 e. The van der Waals surface area contributed by atoms with E-state index in [2.05, 4.69) is 15.8 Å². The number of thioether (sulfide) groups is 1. The molecule has 0 heterocycles. The van der Waals surface area contributed by atoms with E-state index in [-0.39, 0.29) is 34.3 Å². The van der Waals surface area contributed by atoms with E-state index in [1.807, 2.05) is 18.4 Å². The summed E-state index contributed by atoms with van der Waals surface area (Å²) in [4.78, 5) is 44.5. The number of hydrogen-bond acceptors (Lipinski definition) is 7. The van der Waals surface area contributed by atoms with Crippen LogP contribution in [-0.2, 0) is 25.6 Å². The van der Waals surface area contributed by atoms with Gasteiger partial charge >= 0.3 is 5.97 Å². The molecule has 2 amide bonds. The van der Waals surface area contributed by atoms with Crippen LogP contribution in [0.1, 0.15) is 28.4 Å². The van der Waals surface area contributed by atoms with Crippen molar-refractivity contribution in [2.24, 2.45) is 5.16 Å². The number of ether oxygens (including phenoxy) is 1. The summed E-state index contributed by atoms with van der Waals surface area (Å²) >= 11 is 13.8. The number of nitrogens with one attached hydrogen (secondary N) is 2. The number of halogens is 2. The molecule has 0 fully saturated rings. The lowest BCUT2D eigenvalue weighted by atomic mass is 10.0. The largest absolute Gasteiger partial charge is 0.464 e. The zero-order valence-electron chi connectivity index (χ0n) is 21.5. The number of amides is 2. The van der Waals surface area contributed by atoms with Gasteiger partial charge in [-0.2, -0.15) is 0 Å². The predicted octanol–water partition coefficient (Wildman–Crippen LogP) is 5.61. The first-order valence-corrected chi connectivity index (χ1v) is 13.8. The number of hydrogen-bond donors (Lipinski definition) is 2. The maximum absolute atomic E-state index is 13.2. The highest BCUT2D eigenvalue weighted by molar-refractivity contribution is 7.98. The Bertz CT molecular complexity index is 1330. The third-order valence-corrected chi connectivity index (χ3v) is 6.85. The number of carbonyl (C=O) groups is 3. The summed E-state index contributed by atoms with van der Waals surface area (Å²) in [5.41, 5.74) is 1.95. The molecule has 0 aliphatic carbocycles. The van der Waals surface area contributed by atoms with Crippen molar-refractivity contribution >= 4 is 64.1 Å². The number of anilines is 1. The highest BCUT2D eigenvalue weighted by Gasteiger charge is 2.26. The van der Waals surface area contributed by atoms with Gasteiger partial charge in [-0.05, 0) is 55.1 Å². The van der Waals surface area contributed by atoms with Gasteiger partial charge in [-0.25, -0.2) is 4.79 Å². The molecule has 3 aromatic carbocycles. The summed E-state index contributed by atoms with van der Waals surface area (Å²) in [6.45, 7) is 1.83. The summed E-state index contributed by atoms with van der Waals surface area (Å²) in [5, 5.41) is 9.82. The Hall–Kier alpha value is -3.53. The van der Waals surface area contributed by atoms with Crippen molar-refractivity contribution in [3.63, 3.8) is 0 Å². The number of benzene rings is 3. The monoisotopic (exact) mass is 587 g/mol. The molecule has 3 aromatic rings. The van der Waals surface area contributed by atoms with Crippen LogP contribution in [0.15, 0.2) is 76.8 Å². The van der Waals surface area contributed by atoms with E-state index in [0.717, 1.165) is 10.5 Å². The van der Waals surface area contributed by atoms with Gasteiger partial charge in [-0.3, -0.25) is 9.59 Å². The van der Waals surface area contributed by atoms with E-state index in [1.54, 1.807) is 73.3 Å². The van der Waals surface area contributed by atoms with E-state index in [0.29, 0.717) is 11.3 Å². The third-order valence-electron chi connectivity index (χ3n) is 5.48. The lowest BCUT2D eigenvalue weighted by Crippen LogP contribution is -2.46. The van der Waals surface area contributed by atoms with Crippen LogP contribution in [0.5, 0.6) is 0 Å². The van der Waals surface area contributed by atoms with Crippen LogP contribution >= 0.6 is 35.0 Å². The Morgan fingerprint density at radius 3 is 2.18 bits per heavy atom. The standard InChI is InChI=1S/C28H27Cl2N3O5S/c1-4-38-28(36)23(32-27(35)25(33-37-2)18-10-14-20(39-3)15-11-18)16-17-8-12-19(13-9-17)31-26(34)24-21(29)6-5-7-22(24)30/h5-15,23H,4,16H2,1-3H3,(H,31,34)(H,32,35)/t23-/m0/s1. The fourth-order valence-electron chi connectivity index (χ4n) is 3.60. The second kappa shape index (κ2) is 14.6. The van der Waals surface area contributed by atoms with Crippen LogP contribution in [-0.4, -0.2) is 49.5 Å². The van der Waals surface area contributed by atoms with Crippen LogP contribution < -0.4 is 10.6 Å². The molecule has 11 heteroatoms. The topological polar surface area (TPSA) is 106 Å². The smallest absolute Gasteiger partial charge is 0.328 e. The molecular weight excluding hydrogens is 561 g/mol. The van der Waals surface area contributed by atoms with Crippen LogP contribution in [0.4, 0.5) is 5.69 Å². The molecular formula is C28H27Cl2N3O5S. The molecule has 0 aromatic heterocycles. The van der Waals surface area contributed by atoms with Gasteiger partial charge in [0, 0.05) is 22.6 Å². The maximum atomic E-state index is 13.2. The molecule has 0 radical (unpaired) electrons. The summed E-state index contributed by atoms with van der Waals surface area (Å²) in [6.07, 6.45) is 2.09. The first-order chi connectivity index (χ1) is 18.8. The molecule has 39 heavy (non-hydrogen) atoms. The van der Waals surface area contributed by atoms with Gasteiger partial charge in [0.1, 0.15) is 13.2 Å². The molecule has 8 nitrogen and oxygen atoms in total. The van der Waals surface area contributed by atoms with Gasteiger partial charge < -0.3 is 20.2 Å². The van der Waals surface area contributed by atoms with Crippen molar-refractivity contribution in [3.05, 3.63) is 93.5 Å². The Labute approximate surface area is 241 Å². The normalized spacial score (nSPS) is 11.9. The van der Waals surface area contributed by atoms with Crippen molar-refractivity contribution in [1.29, 1.82) is 0 Å². The average molecular weight is 589 g/mol. The summed E-state index contributed by atoms with van der Waals surface area (Å²) < 4.78 is 5.19. The van der Waals surface area contributed by atoms with Gasteiger partial charge in [-0.15, -0.1) is 11.8 Å². The summed E-state index contributed by atoms with van der Waals surface area (Å²) in [5.74, 6) is -1.64. The van der Waals surface area contributed by atoms with Crippen LogP contribution in [0.25, 0.3) is 0 Å². The Morgan fingerprint density at radius 1 is 0.974 bits per heavy atom. The van der Waals surface area contributed by atoms with Crippen molar-refractivity contribution in [1.82, 2.24) is 5.32 Å². The van der Waals surface area contributed by atoms with Crippen LogP contribution in [0.2, 0.25) is 10.0 Å². The minimum Gasteiger partial charge on any atom is -0.464 e. The predicted molar refractivity (Wildman–Crippen MR) is 155 cm³/mol. The zero-order chi connectivity index (χ0) is 28.4. The lowest BCUT2D eigenvalue weighted by molar-refractivity contribution is -0.146. The molecule has 0 bridgehead atoms. The Morgan fingerprint density at radius 2 is 1.62 bits per heavy atom. The molecule has 0 saturated carbocycles.